The molecule has 5 heteroatoms. The summed E-state index contributed by atoms with van der Waals surface area (Å²) in [4.78, 5) is 21.5. The predicted molar refractivity (Wildman–Crippen MR) is 66.5 cm³/mol. The highest BCUT2D eigenvalue weighted by Crippen LogP contribution is 2.25. The number of carbonyl (C=O) groups is 1. The molecule has 0 radical (unpaired) electrons. The zero-order chi connectivity index (χ0) is 13.0. The Balaban J connectivity index is 3.35. The van der Waals surface area contributed by atoms with Gasteiger partial charge in [0.15, 0.2) is 0 Å². The van der Waals surface area contributed by atoms with Crippen molar-refractivity contribution in [1.82, 2.24) is 0 Å². The fraction of sp³-hybridized carbons (Fsp3) is 0.250. The maximum absolute atomic E-state index is 11.1. The lowest BCUT2D eigenvalue weighted by Gasteiger charge is -2.05. The quantitative estimate of drug-likeness (QED) is 0.358. The average molecular weight is 254 g/mol. The van der Waals surface area contributed by atoms with Crippen LogP contribution in [0.3, 0.4) is 0 Å². The van der Waals surface area contributed by atoms with Crippen molar-refractivity contribution >= 4 is 22.5 Å². The first-order valence-electron chi connectivity index (χ1n) is 5.06. The van der Waals surface area contributed by atoms with Crippen LogP contribution in [0, 0.1) is 17.0 Å². The van der Waals surface area contributed by atoms with E-state index in [4.69, 9.17) is 11.6 Å². The Hall–Kier alpha value is -1.68. The molecular weight excluding hydrogens is 242 g/mol. The Kier molecular flexibility index (Phi) is 4.40. The van der Waals surface area contributed by atoms with Gasteiger partial charge in [-0.2, -0.15) is 0 Å². The molecule has 0 heterocycles. The van der Waals surface area contributed by atoms with Crippen LogP contribution in [0.15, 0.2) is 24.3 Å². The monoisotopic (exact) mass is 253 g/mol. The molecule has 1 aromatic carbocycles. The van der Waals surface area contributed by atoms with Crippen LogP contribution in [0.1, 0.15) is 28.4 Å². The summed E-state index contributed by atoms with van der Waals surface area (Å²) >= 11 is 5.37. The van der Waals surface area contributed by atoms with Crippen molar-refractivity contribution < 1.29 is 9.72 Å². The lowest BCUT2D eigenvalue weighted by Crippen LogP contribution is -2.01. The summed E-state index contributed by atoms with van der Waals surface area (Å²) in [6.07, 6.45) is 4.11. The third kappa shape index (κ3) is 3.14. The van der Waals surface area contributed by atoms with Crippen molar-refractivity contribution in [3.8, 4) is 0 Å². The number of hydrogen-bond acceptors (Lipinski definition) is 3. The van der Waals surface area contributed by atoms with Gasteiger partial charge in [0.1, 0.15) is 0 Å². The van der Waals surface area contributed by atoms with Crippen molar-refractivity contribution in [3.63, 3.8) is 0 Å². The Morgan fingerprint density at radius 3 is 2.65 bits per heavy atom. The highest BCUT2D eigenvalue weighted by atomic mass is 35.5. The molecule has 1 rings (SSSR count). The number of carbonyl (C=O) groups excluding carboxylic acids is 1. The Bertz CT molecular complexity index is 495. The van der Waals surface area contributed by atoms with Crippen LogP contribution in [-0.2, 0) is 6.42 Å². The lowest BCUT2D eigenvalue weighted by molar-refractivity contribution is -0.385. The summed E-state index contributed by atoms with van der Waals surface area (Å²) in [5.41, 5.74) is 1.34. The van der Waals surface area contributed by atoms with E-state index in [1.54, 1.807) is 13.0 Å². The molecule has 1 aromatic rings. The molecule has 0 saturated heterocycles. The highest BCUT2D eigenvalue weighted by Gasteiger charge is 2.18. The van der Waals surface area contributed by atoms with Crippen LogP contribution in [0.4, 0.5) is 5.69 Å². The number of benzene rings is 1. The number of aryl methyl sites for hydroxylation is 1. The molecular formula is C12H12ClNO3. The van der Waals surface area contributed by atoms with Crippen LogP contribution in [0.5, 0.6) is 0 Å². The maximum atomic E-state index is 11.1. The summed E-state index contributed by atoms with van der Waals surface area (Å²) in [5.74, 6) is 0. The van der Waals surface area contributed by atoms with Crippen molar-refractivity contribution in [1.29, 1.82) is 0 Å². The maximum Gasteiger partial charge on any atom is 0.273 e. The first kappa shape index (κ1) is 13.4. The van der Waals surface area contributed by atoms with Crippen molar-refractivity contribution in [3.05, 3.63) is 51.1 Å². The van der Waals surface area contributed by atoms with E-state index >= 15 is 0 Å². The topological polar surface area (TPSA) is 60.2 Å². The van der Waals surface area contributed by atoms with Gasteiger partial charge in [-0.1, -0.05) is 12.2 Å². The van der Waals surface area contributed by atoms with E-state index in [9.17, 15) is 14.9 Å². The molecule has 0 saturated carbocycles. The van der Waals surface area contributed by atoms with Gasteiger partial charge in [-0.15, -0.1) is 0 Å². The minimum atomic E-state index is -0.678. The van der Waals surface area contributed by atoms with E-state index in [2.05, 4.69) is 0 Å². The third-order valence-electron chi connectivity index (χ3n) is 2.41. The summed E-state index contributed by atoms with van der Waals surface area (Å²) in [6.45, 7) is 3.55. The number of halogens is 1. The fourth-order valence-electron chi connectivity index (χ4n) is 1.55. The molecule has 0 amide bonds. The SMILES string of the molecule is C/C=C/Cc1cc(C)c(C(=O)Cl)cc1[N+](=O)[O-]. The predicted octanol–water partition coefficient (Wildman–Crippen LogP) is 3.40. The first-order valence-corrected chi connectivity index (χ1v) is 5.44. The second-order valence-corrected chi connectivity index (χ2v) is 3.94. The summed E-state index contributed by atoms with van der Waals surface area (Å²) in [5, 5.41) is 10.2. The Labute approximate surface area is 104 Å². The van der Waals surface area contributed by atoms with Gasteiger partial charge in [-0.3, -0.25) is 14.9 Å². The smallest absolute Gasteiger partial charge is 0.273 e. The minimum absolute atomic E-state index is 0.0716. The molecule has 0 N–H and O–H groups in total. The van der Waals surface area contributed by atoms with E-state index in [0.29, 0.717) is 17.5 Å². The van der Waals surface area contributed by atoms with Gasteiger partial charge < -0.3 is 0 Å². The largest absolute Gasteiger partial charge is 0.276 e. The van der Waals surface area contributed by atoms with Crippen LogP contribution in [-0.4, -0.2) is 10.2 Å². The van der Waals surface area contributed by atoms with Crippen molar-refractivity contribution in [2.24, 2.45) is 0 Å². The summed E-state index contributed by atoms with van der Waals surface area (Å²) < 4.78 is 0. The summed E-state index contributed by atoms with van der Waals surface area (Å²) in [6, 6.07) is 2.87. The number of rotatable bonds is 4. The second kappa shape index (κ2) is 5.59. The Morgan fingerprint density at radius 1 is 1.53 bits per heavy atom. The van der Waals surface area contributed by atoms with Gasteiger partial charge in [-0.25, -0.2) is 0 Å². The van der Waals surface area contributed by atoms with E-state index in [1.807, 2.05) is 19.1 Å². The Morgan fingerprint density at radius 2 is 2.18 bits per heavy atom. The van der Waals surface area contributed by atoms with Gasteiger partial charge in [0.2, 0.25) is 0 Å². The molecule has 0 aliphatic carbocycles. The van der Waals surface area contributed by atoms with Crippen LogP contribution in [0.2, 0.25) is 0 Å². The van der Waals surface area contributed by atoms with Gasteiger partial charge >= 0.3 is 0 Å². The van der Waals surface area contributed by atoms with E-state index in [-0.39, 0.29) is 11.3 Å². The van der Waals surface area contributed by atoms with Crippen LogP contribution >= 0.6 is 11.6 Å². The molecule has 0 bridgehead atoms. The standard InChI is InChI=1S/C12H12ClNO3/c1-3-4-5-9-6-8(2)10(12(13)15)7-11(9)14(16)17/h3-4,6-7H,5H2,1-2H3/b4-3+. The van der Waals surface area contributed by atoms with E-state index in [1.165, 1.54) is 6.07 Å². The number of allylic oxidation sites excluding steroid dienone is 2. The minimum Gasteiger partial charge on any atom is -0.276 e. The van der Waals surface area contributed by atoms with Crippen LogP contribution < -0.4 is 0 Å². The molecule has 0 aliphatic heterocycles. The molecule has 0 spiro atoms. The van der Waals surface area contributed by atoms with Gasteiger partial charge in [0, 0.05) is 17.2 Å². The zero-order valence-electron chi connectivity index (χ0n) is 9.57. The second-order valence-electron chi connectivity index (χ2n) is 3.60. The van der Waals surface area contributed by atoms with E-state index in [0.717, 1.165) is 0 Å². The fourth-order valence-corrected chi connectivity index (χ4v) is 1.75. The van der Waals surface area contributed by atoms with E-state index < -0.39 is 10.2 Å². The van der Waals surface area contributed by atoms with Gasteiger partial charge in [0.25, 0.3) is 10.9 Å². The molecule has 4 nitrogen and oxygen atoms in total. The van der Waals surface area contributed by atoms with Crippen molar-refractivity contribution in [2.75, 3.05) is 0 Å². The molecule has 17 heavy (non-hydrogen) atoms. The number of nitro groups is 1. The van der Waals surface area contributed by atoms with Crippen molar-refractivity contribution in [2.45, 2.75) is 20.3 Å². The molecule has 0 fully saturated rings. The molecule has 90 valence electrons. The lowest BCUT2D eigenvalue weighted by atomic mass is 10.0. The molecule has 0 atom stereocenters. The summed E-state index contributed by atoms with van der Waals surface area (Å²) in [7, 11) is 0. The van der Waals surface area contributed by atoms with Gasteiger partial charge in [0.05, 0.1) is 4.92 Å². The third-order valence-corrected chi connectivity index (χ3v) is 2.61. The number of nitro benzene ring substituents is 1. The number of nitrogens with zero attached hydrogens (tertiary/aromatic N) is 1. The molecule has 0 aromatic heterocycles. The molecule has 0 aliphatic rings. The number of hydrogen-bond donors (Lipinski definition) is 0. The first-order chi connectivity index (χ1) is 7.97. The molecule has 0 unspecified atom stereocenters. The van der Waals surface area contributed by atoms with Gasteiger partial charge in [-0.05, 0) is 43.5 Å². The normalized spacial score (nSPS) is 10.8. The average Bonchev–Trinajstić information content (AvgIpc) is 2.25. The highest BCUT2D eigenvalue weighted by molar-refractivity contribution is 6.68. The van der Waals surface area contributed by atoms with Crippen LogP contribution in [0.25, 0.3) is 0 Å². The zero-order valence-corrected chi connectivity index (χ0v) is 10.3.